The molecule has 0 aliphatic heterocycles. The molecule has 0 aliphatic rings. The lowest BCUT2D eigenvalue weighted by molar-refractivity contribution is 0.117. The van der Waals surface area contributed by atoms with E-state index in [1.807, 2.05) is 0 Å². The molecule has 0 fully saturated rings. The molecule has 0 bridgehead atoms. The van der Waals surface area contributed by atoms with Gasteiger partial charge in [-0.2, -0.15) is 0 Å². The van der Waals surface area contributed by atoms with Gasteiger partial charge in [0.1, 0.15) is 0 Å². The minimum absolute atomic E-state index is 0.696. The first-order valence-electron chi connectivity index (χ1n) is 6.33. The molecule has 0 saturated carbocycles. The summed E-state index contributed by atoms with van der Waals surface area (Å²) in [6, 6.07) is 6.47. The Kier molecular flexibility index (Phi) is 7.49. The van der Waals surface area contributed by atoms with Gasteiger partial charge in [-0.25, -0.2) is 0 Å². The number of unbranched alkanes of at least 4 members (excludes halogenated alkanes) is 1. The fourth-order valence-corrected chi connectivity index (χ4v) is 2.06. The second-order valence-electron chi connectivity index (χ2n) is 4.11. The molecule has 1 N–H and O–H groups in total. The van der Waals surface area contributed by atoms with Gasteiger partial charge in [-0.3, -0.25) is 0 Å². The molecule has 0 radical (unpaired) electrons. The van der Waals surface area contributed by atoms with E-state index in [4.69, 9.17) is 4.74 Å². The Morgan fingerprint density at radius 1 is 1.29 bits per heavy atom. The van der Waals surface area contributed by atoms with E-state index in [0.29, 0.717) is 6.61 Å². The van der Waals surface area contributed by atoms with Gasteiger partial charge in [-0.05, 0) is 30.2 Å². The maximum absolute atomic E-state index is 5.62. The third-order valence-corrected chi connectivity index (χ3v) is 3.33. The average molecular weight is 300 g/mol. The van der Waals surface area contributed by atoms with Gasteiger partial charge in [0, 0.05) is 17.6 Å². The standard InChI is InChI=1S/C14H22BrNO/c1-3-5-8-17-11-13-7-6-12(9-14(13)15)10-16-4-2/h6-7,9,16H,3-5,8,10-11H2,1-2H3. The predicted molar refractivity (Wildman–Crippen MR) is 76.1 cm³/mol. The Bertz CT molecular complexity index is 328. The van der Waals surface area contributed by atoms with Crippen molar-refractivity contribution in [2.45, 2.75) is 39.8 Å². The van der Waals surface area contributed by atoms with Crippen molar-refractivity contribution in [3.05, 3.63) is 33.8 Å². The highest BCUT2D eigenvalue weighted by Gasteiger charge is 2.01. The number of ether oxygens (including phenoxy) is 1. The highest BCUT2D eigenvalue weighted by molar-refractivity contribution is 9.10. The summed E-state index contributed by atoms with van der Waals surface area (Å²) in [7, 11) is 0. The summed E-state index contributed by atoms with van der Waals surface area (Å²) in [6.07, 6.45) is 2.32. The molecular weight excluding hydrogens is 278 g/mol. The third kappa shape index (κ3) is 5.66. The van der Waals surface area contributed by atoms with Crippen LogP contribution in [0.5, 0.6) is 0 Å². The van der Waals surface area contributed by atoms with Gasteiger partial charge < -0.3 is 10.1 Å². The summed E-state index contributed by atoms with van der Waals surface area (Å²) in [6.45, 7) is 7.76. The zero-order valence-electron chi connectivity index (χ0n) is 10.8. The molecule has 0 heterocycles. The molecular formula is C14H22BrNO. The Labute approximate surface area is 113 Å². The molecule has 0 atom stereocenters. The monoisotopic (exact) mass is 299 g/mol. The normalized spacial score (nSPS) is 10.8. The SMILES string of the molecule is CCCCOCc1ccc(CNCC)cc1Br. The van der Waals surface area contributed by atoms with Crippen molar-refractivity contribution in [1.82, 2.24) is 5.32 Å². The molecule has 0 aromatic heterocycles. The van der Waals surface area contributed by atoms with Crippen LogP contribution in [-0.2, 0) is 17.9 Å². The van der Waals surface area contributed by atoms with Crippen LogP contribution in [0.15, 0.2) is 22.7 Å². The van der Waals surface area contributed by atoms with Crippen molar-refractivity contribution in [1.29, 1.82) is 0 Å². The van der Waals surface area contributed by atoms with E-state index < -0.39 is 0 Å². The smallest absolute Gasteiger partial charge is 0.0727 e. The second-order valence-corrected chi connectivity index (χ2v) is 4.97. The lowest BCUT2D eigenvalue weighted by Crippen LogP contribution is -2.11. The highest BCUT2D eigenvalue weighted by Crippen LogP contribution is 2.19. The Balaban J connectivity index is 2.45. The van der Waals surface area contributed by atoms with Crippen LogP contribution in [0.4, 0.5) is 0 Å². The van der Waals surface area contributed by atoms with E-state index in [1.165, 1.54) is 17.5 Å². The number of hydrogen-bond acceptors (Lipinski definition) is 2. The maximum Gasteiger partial charge on any atom is 0.0727 e. The molecule has 2 nitrogen and oxygen atoms in total. The highest BCUT2D eigenvalue weighted by atomic mass is 79.9. The van der Waals surface area contributed by atoms with Crippen LogP contribution < -0.4 is 5.32 Å². The van der Waals surface area contributed by atoms with Crippen molar-refractivity contribution in [3.8, 4) is 0 Å². The number of rotatable bonds is 8. The quantitative estimate of drug-likeness (QED) is 0.736. The van der Waals surface area contributed by atoms with E-state index in [9.17, 15) is 0 Å². The van der Waals surface area contributed by atoms with Crippen molar-refractivity contribution >= 4 is 15.9 Å². The minimum Gasteiger partial charge on any atom is -0.377 e. The first-order valence-corrected chi connectivity index (χ1v) is 7.13. The molecule has 1 aromatic rings. The van der Waals surface area contributed by atoms with Crippen LogP contribution in [0.1, 0.15) is 37.8 Å². The predicted octanol–water partition coefficient (Wildman–Crippen LogP) is 3.88. The van der Waals surface area contributed by atoms with Crippen LogP contribution in [0.25, 0.3) is 0 Å². The molecule has 0 spiro atoms. The molecule has 96 valence electrons. The molecule has 1 aromatic carbocycles. The van der Waals surface area contributed by atoms with Crippen LogP contribution in [-0.4, -0.2) is 13.2 Å². The third-order valence-electron chi connectivity index (χ3n) is 2.60. The number of halogens is 1. The lowest BCUT2D eigenvalue weighted by atomic mass is 10.1. The largest absolute Gasteiger partial charge is 0.377 e. The Hall–Kier alpha value is -0.380. The lowest BCUT2D eigenvalue weighted by Gasteiger charge is -2.08. The fraction of sp³-hybridized carbons (Fsp3) is 0.571. The molecule has 0 amide bonds. The number of hydrogen-bond donors (Lipinski definition) is 1. The second kappa shape index (κ2) is 8.67. The van der Waals surface area contributed by atoms with Gasteiger partial charge in [0.05, 0.1) is 6.61 Å². The van der Waals surface area contributed by atoms with Crippen LogP contribution in [0, 0.1) is 0 Å². The van der Waals surface area contributed by atoms with Crippen molar-refractivity contribution < 1.29 is 4.74 Å². The maximum atomic E-state index is 5.62. The van der Waals surface area contributed by atoms with Crippen LogP contribution in [0.3, 0.4) is 0 Å². The van der Waals surface area contributed by atoms with Crippen LogP contribution in [0.2, 0.25) is 0 Å². The van der Waals surface area contributed by atoms with Gasteiger partial charge in [-0.15, -0.1) is 0 Å². The molecule has 0 aliphatic carbocycles. The number of benzene rings is 1. The van der Waals surface area contributed by atoms with E-state index >= 15 is 0 Å². The molecule has 1 rings (SSSR count). The van der Waals surface area contributed by atoms with Crippen LogP contribution >= 0.6 is 15.9 Å². The Morgan fingerprint density at radius 2 is 2.12 bits per heavy atom. The molecule has 17 heavy (non-hydrogen) atoms. The fourth-order valence-electron chi connectivity index (χ4n) is 1.52. The molecule has 0 saturated heterocycles. The summed E-state index contributed by atoms with van der Waals surface area (Å²) in [4.78, 5) is 0. The number of nitrogens with one attached hydrogen (secondary N) is 1. The summed E-state index contributed by atoms with van der Waals surface area (Å²) in [5, 5.41) is 3.32. The minimum atomic E-state index is 0.696. The first kappa shape index (κ1) is 14.7. The van der Waals surface area contributed by atoms with Crippen molar-refractivity contribution in [2.75, 3.05) is 13.2 Å². The van der Waals surface area contributed by atoms with Gasteiger partial charge in [0.15, 0.2) is 0 Å². The summed E-state index contributed by atoms with van der Waals surface area (Å²) >= 11 is 3.60. The summed E-state index contributed by atoms with van der Waals surface area (Å²) in [5.74, 6) is 0. The van der Waals surface area contributed by atoms with Gasteiger partial charge >= 0.3 is 0 Å². The van der Waals surface area contributed by atoms with Gasteiger partial charge in [0.2, 0.25) is 0 Å². The zero-order valence-corrected chi connectivity index (χ0v) is 12.3. The van der Waals surface area contributed by atoms with E-state index in [-0.39, 0.29) is 0 Å². The van der Waals surface area contributed by atoms with Gasteiger partial charge in [-0.1, -0.05) is 48.3 Å². The first-order chi connectivity index (χ1) is 8.27. The van der Waals surface area contributed by atoms with Crippen molar-refractivity contribution in [3.63, 3.8) is 0 Å². The van der Waals surface area contributed by atoms with Crippen molar-refractivity contribution in [2.24, 2.45) is 0 Å². The summed E-state index contributed by atoms with van der Waals surface area (Å²) < 4.78 is 6.76. The van der Waals surface area contributed by atoms with E-state index in [1.54, 1.807) is 0 Å². The van der Waals surface area contributed by atoms with E-state index in [2.05, 4.69) is 53.3 Å². The average Bonchev–Trinajstić information content (AvgIpc) is 2.34. The molecule has 0 unspecified atom stereocenters. The topological polar surface area (TPSA) is 21.3 Å². The summed E-state index contributed by atoms with van der Waals surface area (Å²) in [5.41, 5.74) is 2.53. The van der Waals surface area contributed by atoms with E-state index in [0.717, 1.165) is 30.6 Å². The molecule has 3 heteroatoms. The van der Waals surface area contributed by atoms with Gasteiger partial charge in [0.25, 0.3) is 0 Å². The Morgan fingerprint density at radius 3 is 2.76 bits per heavy atom. The zero-order chi connectivity index (χ0) is 12.5.